The van der Waals surface area contributed by atoms with Crippen molar-refractivity contribution < 1.29 is 0 Å². The van der Waals surface area contributed by atoms with E-state index in [1.54, 1.807) is 31.2 Å². The van der Waals surface area contributed by atoms with E-state index in [1.807, 2.05) is 6.26 Å². The predicted octanol–water partition coefficient (Wildman–Crippen LogP) is 5.33. The van der Waals surface area contributed by atoms with Gasteiger partial charge in [-0.05, 0) is 43.9 Å². The smallest absolute Gasteiger partial charge is 0.269 e. The molecule has 0 bridgehead atoms. The normalized spacial score (nSPS) is 10.9. The van der Waals surface area contributed by atoms with Crippen LogP contribution in [0.3, 0.4) is 0 Å². The van der Waals surface area contributed by atoms with Gasteiger partial charge in [0.25, 0.3) is 5.56 Å². The minimum absolute atomic E-state index is 0.257. The highest BCUT2D eigenvalue weighted by Crippen LogP contribution is 2.27. The van der Waals surface area contributed by atoms with Crippen LogP contribution in [-0.4, -0.2) is 27.3 Å². The number of unbranched alkanes of at least 4 members (excludes halogenated alkanes) is 3. The van der Waals surface area contributed by atoms with Crippen molar-refractivity contribution in [1.29, 1.82) is 5.26 Å². The Labute approximate surface area is 185 Å². The molecule has 0 aliphatic carbocycles. The van der Waals surface area contributed by atoms with E-state index in [1.165, 1.54) is 16.3 Å². The van der Waals surface area contributed by atoms with Crippen LogP contribution in [0.15, 0.2) is 34.1 Å². The zero-order valence-electron chi connectivity index (χ0n) is 17.3. The number of aromatic nitrogens is 3. The third-order valence-corrected chi connectivity index (χ3v) is 5.80. The Kier molecular flexibility index (Phi) is 7.35. The molecule has 0 saturated carbocycles. The van der Waals surface area contributed by atoms with Crippen LogP contribution in [0.2, 0.25) is 5.02 Å². The van der Waals surface area contributed by atoms with Gasteiger partial charge in [0.15, 0.2) is 0 Å². The summed E-state index contributed by atoms with van der Waals surface area (Å²) in [5.74, 6) is 0.417. The van der Waals surface area contributed by atoms with Gasteiger partial charge in [0.05, 0.1) is 16.8 Å². The standard InChI is InChI=1S/C22H24ClN5OS/c1-4-5-6-7-12-25-22-27-19-17(13-24)20(30-3)26-14(2)18(19)21(29)28(22)16-10-8-15(23)9-11-16/h8-11H,4-7,12H2,1-3H3,(H,25,27). The average Bonchev–Trinajstić information content (AvgIpc) is 2.74. The third kappa shape index (κ3) is 4.45. The highest BCUT2D eigenvalue weighted by molar-refractivity contribution is 7.98. The second-order valence-electron chi connectivity index (χ2n) is 6.96. The van der Waals surface area contributed by atoms with Crippen LogP contribution >= 0.6 is 23.4 Å². The summed E-state index contributed by atoms with van der Waals surface area (Å²) in [6, 6.07) is 9.22. The molecule has 0 amide bonds. The second kappa shape index (κ2) is 9.96. The Morgan fingerprint density at radius 1 is 1.20 bits per heavy atom. The largest absolute Gasteiger partial charge is 0.355 e. The van der Waals surface area contributed by atoms with E-state index in [2.05, 4.69) is 23.3 Å². The first-order chi connectivity index (χ1) is 14.5. The zero-order chi connectivity index (χ0) is 21.7. The lowest BCUT2D eigenvalue weighted by Crippen LogP contribution is -2.25. The molecule has 0 fully saturated rings. The van der Waals surface area contributed by atoms with E-state index >= 15 is 0 Å². The summed E-state index contributed by atoms with van der Waals surface area (Å²) in [6.45, 7) is 4.63. The van der Waals surface area contributed by atoms with Gasteiger partial charge in [0.1, 0.15) is 22.2 Å². The number of hydrogen-bond donors (Lipinski definition) is 1. The fourth-order valence-corrected chi connectivity index (χ4v) is 4.04. The summed E-state index contributed by atoms with van der Waals surface area (Å²) in [4.78, 5) is 22.8. The second-order valence-corrected chi connectivity index (χ2v) is 8.19. The first-order valence-corrected chi connectivity index (χ1v) is 11.5. The highest BCUT2D eigenvalue weighted by Gasteiger charge is 2.20. The topological polar surface area (TPSA) is 83.6 Å². The quantitative estimate of drug-likeness (QED) is 0.375. The Hall–Kier alpha value is -2.56. The fourth-order valence-electron chi connectivity index (χ4n) is 3.34. The van der Waals surface area contributed by atoms with Crippen molar-refractivity contribution in [3.8, 4) is 11.8 Å². The van der Waals surface area contributed by atoms with Crippen LogP contribution in [0, 0.1) is 18.3 Å². The van der Waals surface area contributed by atoms with Crippen molar-refractivity contribution in [2.75, 3.05) is 18.1 Å². The van der Waals surface area contributed by atoms with Gasteiger partial charge in [-0.15, -0.1) is 11.8 Å². The van der Waals surface area contributed by atoms with Crippen LogP contribution in [-0.2, 0) is 0 Å². The molecule has 2 heterocycles. The Morgan fingerprint density at radius 2 is 1.93 bits per heavy atom. The molecular weight excluding hydrogens is 418 g/mol. The lowest BCUT2D eigenvalue weighted by molar-refractivity contribution is 0.682. The lowest BCUT2D eigenvalue weighted by Gasteiger charge is -2.17. The van der Waals surface area contributed by atoms with E-state index in [4.69, 9.17) is 16.6 Å². The third-order valence-electron chi connectivity index (χ3n) is 4.87. The minimum atomic E-state index is -0.257. The van der Waals surface area contributed by atoms with E-state index in [0.717, 1.165) is 25.7 Å². The van der Waals surface area contributed by atoms with Crippen molar-refractivity contribution in [1.82, 2.24) is 14.5 Å². The molecule has 30 heavy (non-hydrogen) atoms. The van der Waals surface area contributed by atoms with Crippen molar-refractivity contribution in [3.05, 3.63) is 50.9 Å². The van der Waals surface area contributed by atoms with Crippen LogP contribution < -0.4 is 10.9 Å². The van der Waals surface area contributed by atoms with E-state index in [0.29, 0.717) is 50.4 Å². The zero-order valence-corrected chi connectivity index (χ0v) is 18.9. The van der Waals surface area contributed by atoms with Crippen LogP contribution in [0.5, 0.6) is 0 Å². The number of pyridine rings is 1. The lowest BCUT2D eigenvalue weighted by atomic mass is 10.1. The first-order valence-electron chi connectivity index (χ1n) is 9.93. The molecule has 0 aliphatic heterocycles. The summed E-state index contributed by atoms with van der Waals surface area (Å²) in [5.41, 5.74) is 1.68. The average molecular weight is 442 g/mol. The van der Waals surface area contributed by atoms with Gasteiger partial charge in [-0.25, -0.2) is 14.5 Å². The maximum Gasteiger partial charge on any atom is 0.269 e. The number of halogens is 1. The number of nitrogens with one attached hydrogen (secondary N) is 1. The molecule has 0 aliphatic rings. The number of fused-ring (bicyclic) bond motifs is 1. The number of benzene rings is 1. The maximum absolute atomic E-state index is 13.6. The van der Waals surface area contributed by atoms with Crippen molar-refractivity contribution >= 4 is 40.2 Å². The Bertz CT molecular complexity index is 1150. The summed E-state index contributed by atoms with van der Waals surface area (Å²) in [6.07, 6.45) is 6.25. The van der Waals surface area contributed by atoms with Crippen LogP contribution in [0.1, 0.15) is 43.9 Å². The molecule has 0 unspecified atom stereocenters. The van der Waals surface area contributed by atoms with Crippen molar-refractivity contribution in [2.24, 2.45) is 0 Å². The molecule has 0 spiro atoms. The Balaban J connectivity index is 2.23. The number of thioether (sulfide) groups is 1. The predicted molar refractivity (Wildman–Crippen MR) is 124 cm³/mol. The van der Waals surface area contributed by atoms with Crippen LogP contribution in [0.4, 0.5) is 5.95 Å². The molecule has 0 saturated heterocycles. The summed E-state index contributed by atoms with van der Waals surface area (Å²) < 4.78 is 1.53. The molecule has 0 radical (unpaired) electrons. The maximum atomic E-state index is 13.6. The molecule has 156 valence electrons. The number of nitriles is 1. The monoisotopic (exact) mass is 441 g/mol. The van der Waals surface area contributed by atoms with E-state index in [-0.39, 0.29) is 5.56 Å². The van der Waals surface area contributed by atoms with Gasteiger partial charge in [-0.3, -0.25) is 4.79 Å². The SMILES string of the molecule is CCCCCCNc1nc2c(C#N)c(SC)nc(C)c2c(=O)n1-c1ccc(Cl)cc1. The molecule has 1 N–H and O–H groups in total. The molecule has 3 aromatic rings. The number of aryl methyl sites for hydroxylation is 1. The summed E-state index contributed by atoms with van der Waals surface area (Å²) in [7, 11) is 0. The van der Waals surface area contributed by atoms with E-state index in [9.17, 15) is 10.1 Å². The molecule has 1 aromatic carbocycles. The molecular formula is C22H24ClN5OS. The van der Waals surface area contributed by atoms with Gasteiger partial charge >= 0.3 is 0 Å². The van der Waals surface area contributed by atoms with Gasteiger partial charge in [-0.2, -0.15) is 5.26 Å². The van der Waals surface area contributed by atoms with Gasteiger partial charge < -0.3 is 5.32 Å². The van der Waals surface area contributed by atoms with Gasteiger partial charge in [0.2, 0.25) is 5.95 Å². The van der Waals surface area contributed by atoms with Crippen molar-refractivity contribution in [3.63, 3.8) is 0 Å². The molecule has 3 rings (SSSR count). The van der Waals surface area contributed by atoms with Gasteiger partial charge in [0, 0.05) is 11.6 Å². The van der Waals surface area contributed by atoms with E-state index < -0.39 is 0 Å². The number of hydrogen-bond acceptors (Lipinski definition) is 6. The molecule has 0 atom stereocenters. The number of rotatable bonds is 8. The van der Waals surface area contributed by atoms with Crippen LogP contribution in [0.25, 0.3) is 16.6 Å². The van der Waals surface area contributed by atoms with Crippen molar-refractivity contribution in [2.45, 2.75) is 44.6 Å². The number of nitrogens with zero attached hydrogens (tertiary/aromatic N) is 4. The number of anilines is 1. The molecule has 8 heteroatoms. The molecule has 2 aromatic heterocycles. The fraction of sp³-hybridized carbons (Fsp3) is 0.364. The minimum Gasteiger partial charge on any atom is -0.355 e. The highest BCUT2D eigenvalue weighted by atomic mass is 35.5. The molecule has 6 nitrogen and oxygen atoms in total. The Morgan fingerprint density at radius 3 is 2.57 bits per heavy atom. The van der Waals surface area contributed by atoms with Gasteiger partial charge in [-0.1, -0.05) is 37.8 Å². The summed E-state index contributed by atoms with van der Waals surface area (Å²) >= 11 is 7.41. The first kappa shape index (κ1) is 22.1. The summed E-state index contributed by atoms with van der Waals surface area (Å²) in [5, 5.41) is 14.6.